The fraction of sp³-hybridized carbons (Fsp3) is 0.390. The van der Waals surface area contributed by atoms with Crippen LogP contribution < -0.4 is 15.4 Å². The number of esters is 2. The molecule has 0 aromatic heterocycles. The third kappa shape index (κ3) is 10.4. The monoisotopic (exact) mass is 710 g/mol. The van der Waals surface area contributed by atoms with E-state index in [-0.39, 0.29) is 62.1 Å². The minimum absolute atomic E-state index is 0.0155. The first-order valence-corrected chi connectivity index (χ1v) is 17.6. The number of rotatable bonds is 10. The molecule has 2 N–H and O–H groups in total. The Hall–Kier alpha value is -5.29. The van der Waals surface area contributed by atoms with Crippen molar-refractivity contribution < 1.29 is 42.9 Å². The van der Waals surface area contributed by atoms with Gasteiger partial charge in [-0.3, -0.25) is 19.2 Å². The number of cyclic esters (lactones) is 2. The molecule has 1 saturated heterocycles. The number of hydrogen-bond donors (Lipinski definition) is 2. The highest BCUT2D eigenvalue weighted by atomic mass is 16.6. The molecule has 5 rings (SSSR count). The van der Waals surface area contributed by atoms with Gasteiger partial charge < -0.3 is 29.6 Å². The fourth-order valence-electron chi connectivity index (χ4n) is 6.16. The third-order valence-corrected chi connectivity index (χ3v) is 9.15. The highest BCUT2D eigenvalue weighted by Gasteiger charge is 2.47. The van der Waals surface area contributed by atoms with Crippen LogP contribution in [-0.2, 0) is 39.8 Å². The summed E-state index contributed by atoms with van der Waals surface area (Å²) in [5.74, 6) is -2.03. The number of benzene rings is 3. The normalized spacial score (nSPS) is 24.1. The first-order valence-electron chi connectivity index (χ1n) is 17.6. The van der Waals surface area contributed by atoms with Gasteiger partial charge in [-0.05, 0) is 41.7 Å². The number of carbonyl (C=O) groups is 5. The molecule has 1 fully saturated rings. The average Bonchev–Trinajstić information content (AvgIpc) is 3.94. The first-order chi connectivity index (χ1) is 25.0. The molecule has 0 radical (unpaired) electrons. The molecule has 0 bridgehead atoms. The van der Waals surface area contributed by atoms with Gasteiger partial charge in [-0.25, -0.2) is 4.79 Å². The number of amides is 2. The average molecular weight is 711 g/mol. The van der Waals surface area contributed by atoms with E-state index in [4.69, 9.17) is 18.9 Å². The summed E-state index contributed by atoms with van der Waals surface area (Å²) >= 11 is 0. The molecular weight excluding hydrogens is 664 g/mol. The Bertz CT molecular complexity index is 1740. The summed E-state index contributed by atoms with van der Waals surface area (Å²) in [5, 5.41) is 5.46. The Morgan fingerprint density at radius 2 is 1.58 bits per heavy atom. The Labute approximate surface area is 304 Å². The van der Waals surface area contributed by atoms with E-state index in [1.165, 1.54) is 6.08 Å². The molecule has 0 aliphatic carbocycles. The molecule has 52 heavy (non-hydrogen) atoms. The van der Waals surface area contributed by atoms with Crippen molar-refractivity contribution in [2.24, 2.45) is 11.8 Å². The Morgan fingerprint density at radius 1 is 0.885 bits per heavy atom. The van der Waals surface area contributed by atoms with Gasteiger partial charge in [0.2, 0.25) is 11.8 Å². The van der Waals surface area contributed by atoms with Crippen LogP contribution in [0, 0.1) is 11.8 Å². The summed E-state index contributed by atoms with van der Waals surface area (Å²) in [6.07, 6.45) is 0.881. The minimum Gasteiger partial charge on any atom is -0.497 e. The van der Waals surface area contributed by atoms with Crippen LogP contribution in [0.4, 0.5) is 0 Å². The number of methoxy groups -OCH3 is 1. The Kier molecular flexibility index (Phi) is 13.0. The molecule has 3 aromatic rings. The lowest BCUT2D eigenvalue weighted by atomic mass is 9.93. The topological polar surface area (TPSA) is 150 Å². The summed E-state index contributed by atoms with van der Waals surface area (Å²) in [6.45, 7) is 5.67. The van der Waals surface area contributed by atoms with Gasteiger partial charge in [-0.2, -0.15) is 0 Å². The lowest BCUT2D eigenvalue weighted by Gasteiger charge is -2.26. The molecule has 2 unspecified atom stereocenters. The van der Waals surface area contributed by atoms with Crippen molar-refractivity contribution in [2.75, 3.05) is 13.7 Å². The van der Waals surface area contributed by atoms with Gasteiger partial charge in [-0.15, -0.1) is 0 Å². The predicted octanol–water partition coefficient (Wildman–Crippen LogP) is 5.07. The third-order valence-electron chi connectivity index (χ3n) is 9.15. The highest BCUT2D eigenvalue weighted by molar-refractivity contribution is 6.09. The van der Waals surface area contributed by atoms with E-state index in [1.54, 1.807) is 49.6 Å². The zero-order valence-electron chi connectivity index (χ0n) is 29.9. The molecule has 11 nitrogen and oxygen atoms in total. The SMILES string of the molecule is COc1ccc(C[C@H]2NC(=O)/C=C/C[C@@H]([C@H](C)C3OC3c3ccc(C(=O)c4ccccc4)cc3)OC(=O)[C@H](CC(C)C)OC(=O)CCNC2=O)cc1. The van der Waals surface area contributed by atoms with Crippen molar-refractivity contribution in [1.29, 1.82) is 0 Å². The first kappa shape index (κ1) is 38.0. The number of nitrogens with one attached hydrogen (secondary N) is 2. The molecule has 0 saturated carbocycles. The van der Waals surface area contributed by atoms with E-state index in [9.17, 15) is 24.0 Å². The van der Waals surface area contributed by atoms with Gasteiger partial charge in [0.1, 0.15) is 24.0 Å². The Morgan fingerprint density at radius 3 is 2.25 bits per heavy atom. The second-order valence-corrected chi connectivity index (χ2v) is 13.6. The summed E-state index contributed by atoms with van der Waals surface area (Å²) in [4.78, 5) is 65.6. The van der Waals surface area contributed by atoms with Crippen molar-refractivity contribution in [3.05, 3.63) is 113 Å². The van der Waals surface area contributed by atoms with Crippen LogP contribution in [0.15, 0.2) is 91.0 Å². The van der Waals surface area contributed by atoms with E-state index < -0.39 is 42.0 Å². The number of epoxide rings is 1. The van der Waals surface area contributed by atoms with E-state index >= 15 is 0 Å². The second-order valence-electron chi connectivity index (χ2n) is 13.6. The lowest BCUT2D eigenvalue weighted by Crippen LogP contribution is -2.48. The van der Waals surface area contributed by atoms with Crippen molar-refractivity contribution in [3.63, 3.8) is 0 Å². The zero-order valence-corrected chi connectivity index (χ0v) is 29.9. The van der Waals surface area contributed by atoms with Gasteiger partial charge in [0.25, 0.3) is 0 Å². The number of ether oxygens (including phenoxy) is 4. The van der Waals surface area contributed by atoms with E-state index in [2.05, 4.69) is 10.6 Å². The molecule has 3 aromatic carbocycles. The van der Waals surface area contributed by atoms with Crippen LogP contribution in [-0.4, -0.2) is 67.5 Å². The predicted molar refractivity (Wildman–Crippen MR) is 192 cm³/mol. The molecule has 274 valence electrons. The smallest absolute Gasteiger partial charge is 0.347 e. The standard InChI is InChI=1S/C41H46N2O9/c1-25(2)23-34-41(48)51-33(26(3)38-39(52-38)30-17-15-29(16-18-30)37(46)28-9-6-5-7-10-28)11-8-12-35(44)43-32(40(47)42-22-21-36(45)50-34)24-27-13-19-31(49-4)20-14-27/h5-10,12-20,25-26,32-34,38-39H,11,21-24H2,1-4H3,(H,42,47)(H,43,44)/b12-8+/t26-,32+,33-,34-,38?,39?/m0/s1. The maximum atomic E-state index is 13.5. The van der Waals surface area contributed by atoms with E-state index in [0.717, 1.165) is 11.1 Å². The van der Waals surface area contributed by atoms with Crippen LogP contribution in [0.3, 0.4) is 0 Å². The largest absolute Gasteiger partial charge is 0.497 e. The maximum absolute atomic E-state index is 13.5. The minimum atomic E-state index is -1.15. The molecule has 0 spiro atoms. The second kappa shape index (κ2) is 17.8. The maximum Gasteiger partial charge on any atom is 0.347 e. The molecule has 2 aliphatic heterocycles. The van der Waals surface area contributed by atoms with Crippen molar-refractivity contribution in [3.8, 4) is 5.75 Å². The Balaban J connectivity index is 1.32. The summed E-state index contributed by atoms with van der Waals surface area (Å²) in [7, 11) is 1.56. The van der Waals surface area contributed by atoms with Gasteiger partial charge >= 0.3 is 11.9 Å². The van der Waals surface area contributed by atoms with Crippen molar-refractivity contribution in [2.45, 2.75) is 76.9 Å². The summed E-state index contributed by atoms with van der Waals surface area (Å²) < 4.78 is 22.9. The lowest BCUT2D eigenvalue weighted by molar-refractivity contribution is -0.174. The van der Waals surface area contributed by atoms with Crippen LogP contribution in [0.2, 0.25) is 0 Å². The van der Waals surface area contributed by atoms with Crippen LogP contribution >= 0.6 is 0 Å². The summed E-state index contributed by atoms with van der Waals surface area (Å²) in [6, 6.07) is 22.6. The van der Waals surface area contributed by atoms with Gasteiger partial charge in [0.15, 0.2) is 11.9 Å². The van der Waals surface area contributed by atoms with E-state index in [1.807, 2.05) is 63.2 Å². The van der Waals surface area contributed by atoms with Crippen molar-refractivity contribution in [1.82, 2.24) is 10.6 Å². The molecule has 2 heterocycles. The van der Waals surface area contributed by atoms with Gasteiger partial charge in [0, 0.05) is 36.4 Å². The fourth-order valence-corrected chi connectivity index (χ4v) is 6.16. The molecule has 2 aliphatic rings. The molecule has 6 atom stereocenters. The highest BCUT2D eigenvalue weighted by Crippen LogP contribution is 2.45. The molecular formula is C41H46N2O9. The number of hydrogen-bond acceptors (Lipinski definition) is 9. The van der Waals surface area contributed by atoms with Crippen molar-refractivity contribution >= 4 is 29.5 Å². The molecule has 11 heteroatoms. The van der Waals surface area contributed by atoms with Crippen LogP contribution in [0.5, 0.6) is 5.75 Å². The van der Waals surface area contributed by atoms with Crippen LogP contribution in [0.1, 0.15) is 73.2 Å². The quantitative estimate of drug-likeness (QED) is 0.167. The van der Waals surface area contributed by atoms with Crippen LogP contribution in [0.25, 0.3) is 0 Å². The number of ketones is 1. The van der Waals surface area contributed by atoms with Gasteiger partial charge in [-0.1, -0.05) is 93.6 Å². The molecule has 2 amide bonds. The zero-order chi connectivity index (χ0) is 37.2. The number of carbonyl (C=O) groups excluding carboxylic acids is 5. The van der Waals surface area contributed by atoms with E-state index in [0.29, 0.717) is 16.9 Å². The van der Waals surface area contributed by atoms with Gasteiger partial charge in [0.05, 0.1) is 19.6 Å². The summed E-state index contributed by atoms with van der Waals surface area (Å²) in [5.41, 5.74) is 2.84.